The topological polar surface area (TPSA) is 89.7 Å². The molecule has 1 saturated heterocycles. The number of nitrogens with zero attached hydrogens (tertiary/aromatic N) is 1. The zero-order chi connectivity index (χ0) is 18.4. The maximum atomic E-state index is 13.6. The summed E-state index contributed by atoms with van der Waals surface area (Å²) in [6.07, 6.45) is 4.40. The number of amides is 2. The molecule has 1 atom stereocenters. The van der Waals surface area contributed by atoms with Gasteiger partial charge in [-0.2, -0.15) is 0 Å². The average molecular weight is 413 g/mol. The van der Waals surface area contributed by atoms with Gasteiger partial charge in [-0.15, -0.1) is 0 Å². The third kappa shape index (κ3) is 5.38. The number of carbonyl (C=O) groups excluding carboxylic acids is 3. The first-order chi connectivity index (χ1) is 11.9. The van der Waals surface area contributed by atoms with E-state index < -0.39 is 36.2 Å². The van der Waals surface area contributed by atoms with Crippen molar-refractivity contribution < 1.29 is 23.5 Å². The van der Waals surface area contributed by atoms with E-state index in [0.29, 0.717) is 17.4 Å². The number of rotatable bonds is 5. The summed E-state index contributed by atoms with van der Waals surface area (Å²) in [7, 11) is 0. The zero-order valence-corrected chi connectivity index (χ0v) is 15.0. The minimum Gasteiger partial charge on any atom is -0.452 e. The standard InChI is InChI=1S/C17H18BrFN2O4/c18-12-5-6-13(19)11(9-12)4-7-16(23)25-10-15(22)21-8-2-1-3-14(21)17(20)24/h4-7,9,14H,1-3,8,10H2,(H2,20,24)/b7-4+/t14-/m1/s1. The fourth-order valence-electron chi connectivity index (χ4n) is 2.59. The van der Waals surface area contributed by atoms with E-state index in [0.717, 1.165) is 18.9 Å². The summed E-state index contributed by atoms with van der Waals surface area (Å²) in [6, 6.07) is 3.65. The maximum absolute atomic E-state index is 13.6. The van der Waals surface area contributed by atoms with Crippen LogP contribution in [-0.2, 0) is 19.1 Å². The Bertz CT molecular complexity index is 708. The van der Waals surface area contributed by atoms with Gasteiger partial charge in [0.05, 0.1) is 0 Å². The first-order valence-electron chi connectivity index (χ1n) is 7.77. The van der Waals surface area contributed by atoms with Crippen molar-refractivity contribution in [2.75, 3.05) is 13.2 Å². The lowest BCUT2D eigenvalue weighted by atomic mass is 10.0. The van der Waals surface area contributed by atoms with Crippen molar-refractivity contribution in [2.45, 2.75) is 25.3 Å². The Morgan fingerprint density at radius 3 is 2.84 bits per heavy atom. The van der Waals surface area contributed by atoms with Crippen molar-refractivity contribution >= 4 is 39.8 Å². The summed E-state index contributed by atoms with van der Waals surface area (Å²) in [5.74, 6) is -2.30. The molecule has 0 unspecified atom stereocenters. The molecular formula is C17H18BrFN2O4. The first kappa shape index (κ1) is 19.1. The second-order valence-electron chi connectivity index (χ2n) is 5.61. The average Bonchev–Trinajstić information content (AvgIpc) is 2.60. The van der Waals surface area contributed by atoms with Crippen LogP contribution in [0.3, 0.4) is 0 Å². The van der Waals surface area contributed by atoms with Crippen molar-refractivity contribution in [3.05, 3.63) is 40.1 Å². The van der Waals surface area contributed by atoms with Crippen molar-refractivity contribution in [2.24, 2.45) is 5.73 Å². The van der Waals surface area contributed by atoms with E-state index in [-0.39, 0.29) is 5.56 Å². The summed E-state index contributed by atoms with van der Waals surface area (Å²) in [5.41, 5.74) is 5.51. The normalized spacial score (nSPS) is 17.5. The van der Waals surface area contributed by atoms with Gasteiger partial charge in [0.15, 0.2) is 6.61 Å². The SMILES string of the molecule is NC(=O)[C@H]1CCCCN1C(=O)COC(=O)/C=C/c1cc(Br)ccc1F. The summed E-state index contributed by atoms with van der Waals surface area (Å²) in [4.78, 5) is 36.6. The Morgan fingerprint density at radius 1 is 1.36 bits per heavy atom. The Balaban J connectivity index is 1.90. The molecule has 1 heterocycles. The number of ether oxygens (including phenoxy) is 1. The van der Waals surface area contributed by atoms with E-state index in [4.69, 9.17) is 10.5 Å². The Kier molecular flexibility index (Phi) is 6.69. The zero-order valence-electron chi connectivity index (χ0n) is 13.4. The molecule has 0 aliphatic carbocycles. The van der Waals surface area contributed by atoms with Gasteiger partial charge < -0.3 is 15.4 Å². The molecule has 0 spiro atoms. The van der Waals surface area contributed by atoms with Crippen molar-refractivity contribution in [1.29, 1.82) is 0 Å². The van der Waals surface area contributed by atoms with Crippen LogP contribution in [0.5, 0.6) is 0 Å². The lowest BCUT2D eigenvalue weighted by molar-refractivity contribution is -0.151. The van der Waals surface area contributed by atoms with E-state index in [1.54, 1.807) is 0 Å². The fraction of sp³-hybridized carbons (Fsp3) is 0.353. The number of esters is 1. The lowest BCUT2D eigenvalue weighted by Crippen LogP contribution is -2.51. The fourth-order valence-corrected chi connectivity index (χ4v) is 2.97. The van der Waals surface area contributed by atoms with Gasteiger partial charge >= 0.3 is 5.97 Å². The van der Waals surface area contributed by atoms with Gasteiger partial charge in [-0.3, -0.25) is 9.59 Å². The molecule has 1 aliphatic heterocycles. The molecule has 0 radical (unpaired) electrons. The van der Waals surface area contributed by atoms with Gasteiger partial charge in [-0.05, 0) is 43.5 Å². The summed E-state index contributed by atoms with van der Waals surface area (Å²) < 4.78 is 19.1. The van der Waals surface area contributed by atoms with Gasteiger partial charge in [0.25, 0.3) is 5.91 Å². The Morgan fingerprint density at radius 2 is 2.12 bits per heavy atom. The smallest absolute Gasteiger partial charge is 0.331 e. The van der Waals surface area contributed by atoms with Gasteiger partial charge in [-0.25, -0.2) is 9.18 Å². The molecule has 134 valence electrons. The molecule has 8 heteroatoms. The number of piperidine rings is 1. The second kappa shape index (κ2) is 8.75. The minimum atomic E-state index is -0.777. The van der Waals surface area contributed by atoms with Crippen LogP contribution in [0.1, 0.15) is 24.8 Å². The predicted molar refractivity (Wildman–Crippen MR) is 92.6 cm³/mol. The molecule has 2 N–H and O–H groups in total. The van der Waals surface area contributed by atoms with Crippen LogP contribution >= 0.6 is 15.9 Å². The number of likely N-dealkylation sites (tertiary alicyclic amines) is 1. The van der Waals surface area contributed by atoms with E-state index in [1.165, 1.54) is 29.2 Å². The van der Waals surface area contributed by atoms with Gasteiger partial charge in [-0.1, -0.05) is 15.9 Å². The number of halogens is 2. The molecule has 1 aliphatic rings. The van der Waals surface area contributed by atoms with Crippen LogP contribution in [0.2, 0.25) is 0 Å². The molecule has 25 heavy (non-hydrogen) atoms. The Hall–Kier alpha value is -2.22. The van der Waals surface area contributed by atoms with Crippen LogP contribution in [0.25, 0.3) is 6.08 Å². The third-order valence-corrected chi connectivity index (χ3v) is 4.34. The first-order valence-corrected chi connectivity index (χ1v) is 8.56. The molecule has 1 aromatic rings. The van der Waals surface area contributed by atoms with Gasteiger partial charge in [0.2, 0.25) is 5.91 Å². The van der Waals surface area contributed by atoms with Crippen LogP contribution < -0.4 is 5.73 Å². The minimum absolute atomic E-state index is 0.211. The number of carbonyl (C=O) groups is 3. The molecule has 2 amide bonds. The molecule has 2 rings (SSSR count). The number of nitrogens with two attached hydrogens (primary N) is 1. The van der Waals surface area contributed by atoms with Crippen molar-refractivity contribution in [3.8, 4) is 0 Å². The molecule has 1 fully saturated rings. The van der Waals surface area contributed by atoms with Crippen molar-refractivity contribution in [3.63, 3.8) is 0 Å². The van der Waals surface area contributed by atoms with Crippen LogP contribution in [0, 0.1) is 5.82 Å². The monoisotopic (exact) mass is 412 g/mol. The molecule has 0 aromatic heterocycles. The van der Waals surface area contributed by atoms with Crippen molar-refractivity contribution in [1.82, 2.24) is 4.90 Å². The molecule has 1 aromatic carbocycles. The molecular weight excluding hydrogens is 395 g/mol. The van der Waals surface area contributed by atoms with Crippen LogP contribution in [0.4, 0.5) is 4.39 Å². The largest absolute Gasteiger partial charge is 0.452 e. The van der Waals surface area contributed by atoms with E-state index in [2.05, 4.69) is 15.9 Å². The maximum Gasteiger partial charge on any atom is 0.331 e. The third-order valence-electron chi connectivity index (χ3n) is 3.85. The number of primary amides is 1. The number of hydrogen-bond donors (Lipinski definition) is 1. The van der Waals surface area contributed by atoms with E-state index >= 15 is 0 Å². The second-order valence-corrected chi connectivity index (χ2v) is 6.52. The lowest BCUT2D eigenvalue weighted by Gasteiger charge is -2.33. The molecule has 0 saturated carbocycles. The Labute approximate surface area is 152 Å². The predicted octanol–water partition coefficient (Wildman–Crippen LogP) is 2.01. The summed E-state index contributed by atoms with van der Waals surface area (Å²) in [5, 5.41) is 0. The van der Waals surface area contributed by atoms with E-state index in [1.807, 2.05) is 0 Å². The van der Waals surface area contributed by atoms with Gasteiger partial charge in [0, 0.05) is 22.7 Å². The highest BCUT2D eigenvalue weighted by Crippen LogP contribution is 2.18. The number of hydrogen-bond acceptors (Lipinski definition) is 4. The highest BCUT2D eigenvalue weighted by Gasteiger charge is 2.30. The molecule has 0 bridgehead atoms. The van der Waals surface area contributed by atoms with Crippen LogP contribution in [0.15, 0.2) is 28.7 Å². The number of benzene rings is 1. The highest BCUT2D eigenvalue weighted by atomic mass is 79.9. The van der Waals surface area contributed by atoms with E-state index in [9.17, 15) is 18.8 Å². The highest BCUT2D eigenvalue weighted by molar-refractivity contribution is 9.10. The summed E-state index contributed by atoms with van der Waals surface area (Å²) in [6.45, 7) is -0.0863. The van der Waals surface area contributed by atoms with Gasteiger partial charge in [0.1, 0.15) is 11.9 Å². The molecule has 6 nitrogen and oxygen atoms in total. The summed E-state index contributed by atoms with van der Waals surface area (Å²) >= 11 is 3.21. The van der Waals surface area contributed by atoms with Crippen LogP contribution in [-0.4, -0.2) is 41.9 Å². The quantitative estimate of drug-likeness (QED) is 0.591.